The Hall–Kier alpha value is -1.71. The lowest BCUT2D eigenvalue weighted by atomic mass is 10.1. The van der Waals surface area contributed by atoms with Crippen molar-refractivity contribution in [2.75, 3.05) is 30.3 Å². The Bertz CT molecular complexity index is 1020. The number of hydrogen-bond acceptors (Lipinski definition) is 5. The van der Waals surface area contributed by atoms with Gasteiger partial charge in [-0.25, -0.2) is 8.42 Å². The van der Waals surface area contributed by atoms with Crippen molar-refractivity contribution in [1.82, 2.24) is 4.90 Å². The lowest BCUT2D eigenvalue weighted by Gasteiger charge is -2.23. The number of amides is 2. The van der Waals surface area contributed by atoms with Crippen molar-refractivity contribution in [3.05, 3.63) is 51.1 Å². The summed E-state index contributed by atoms with van der Waals surface area (Å²) in [5.74, 6) is -0.696. The maximum Gasteiger partial charge on any atom is 0.228 e. The van der Waals surface area contributed by atoms with Crippen molar-refractivity contribution >= 4 is 54.6 Å². The van der Waals surface area contributed by atoms with E-state index in [9.17, 15) is 18.0 Å². The van der Waals surface area contributed by atoms with E-state index in [1.807, 2.05) is 41.8 Å². The fourth-order valence-corrected chi connectivity index (χ4v) is 7.37. The molecule has 2 unspecified atom stereocenters. The number of benzene rings is 1. The molecule has 6 nitrogen and oxygen atoms in total. The van der Waals surface area contributed by atoms with Crippen molar-refractivity contribution in [3.8, 4) is 0 Å². The molecule has 2 saturated heterocycles. The van der Waals surface area contributed by atoms with Gasteiger partial charge in [0.25, 0.3) is 0 Å². The van der Waals surface area contributed by atoms with E-state index < -0.39 is 21.0 Å². The molecule has 1 aromatic carbocycles. The lowest BCUT2D eigenvalue weighted by molar-refractivity contribution is -0.135. The molecule has 2 aliphatic rings. The van der Waals surface area contributed by atoms with Crippen LogP contribution < -0.4 is 4.90 Å². The molecule has 2 atom stereocenters. The van der Waals surface area contributed by atoms with Crippen LogP contribution in [0.3, 0.4) is 0 Å². The van der Waals surface area contributed by atoms with E-state index in [0.29, 0.717) is 19.5 Å². The van der Waals surface area contributed by atoms with Crippen LogP contribution in [0.4, 0.5) is 5.69 Å². The molecule has 2 fully saturated rings. The van der Waals surface area contributed by atoms with E-state index in [0.717, 1.165) is 15.0 Å². The number of halogens is 1. The number of anilines is 1. The van der Waals surface area contributed by atoms with Gasteiger partial charge in [-0.3, -0.25) is 9.59 Å². The predicted molar refractivity (Wildman–Crippen MR) is 117 cm³/mol. The number of carbonyl (C=O) groups excluding carboxylic acids is 2. The minimum Gasteiger partial charge on any atom is -0.341 e. The monoisotopic (exact) mass is 496 g/mol. The van der Waals surface area contributed by atoms with Crippen LogP contribution in [0.5, 0.6) is 0 Å². The van der Waals surface area contributed by atoms with Gasteiger partial charge in [0, 0.05) is 41.1 Å². The molecule has 2 amide bonds. The van der Waals surface area contributed by atoms with Crippen molar-refractivity contribution in [2.24, 2.45) is 5.92 Å². The summed E-state index contributed by atoms with van der Waals surface area (Å²) >= 11 is 4.85. The van der Waals surface area contributed by atoms with Crippen LogP contribution in [0.2, 0.25) is 0 Å². The highest BCUT2D eigenvalue weighted by atomic mass is 79.9. The fourth-order valence-electron chi connectivity index (χ4n) is 3.98. The molecule has 0 saturated carbocycles. The third-order valence-electron chi connectivity index (χ3n) is 5.51. The molecule has 3 heterocycles. The maximum atomic E-state index is 13.1. The quantitative estimate of drug-likeness (QED) is 0.653. The van der Waals surface area contributed by atoms with E-state index in [2.05, 4.69) is 15.9 Å². The molecule has 29 heavy (non-hydrogen) atoms. The summed E-state index contributed by atoms with van der Waals surface area (Å²) in [4.78, 5) is 29.7. The highest BCUT2D eigenvalue weighted by Gasteiger charge is 2.39. The highest BCUT2D eigenvalue weighted by Crippen LogP contribution is 2.34. The van der Waals surface area contributed by atoms with E-state index in [4.69, 9.17) is 0 Å². The van der Waals surface area contributed by atoms with Gasteiger partial charge in [0.05, 0.1) is 16.9 Å². The van der Waals surface area contributed by atoms with Gasteiger partial charge in [0.2, 0.25) is 11.8 Å². The van der Waals surface area contributed by atoms with Crippen molar-refractivity contribution in [2.45, 2.75) is 18.1 Å². The highest BCUT2D eigenvalue weighted by molar-refractivity contribution is 9.10. The third-order valence-corrected chi connectivity index (χ3v) is 9.24. The molecule has 154 valence electrons. The molecular formula is C20H21BrN2O4S2. The van der Waals surface area contributed by atoms with E-state index in [-0.39, 0.29) is 30.5 Å². The summed E-state index contributed by atoms with van der Waals surface area (Å²) < 4.78 is 26.3. The standard InChI is InChI=1S/C20H21BrN2O4S2/c21-15-3-1-4-16(12-15)23-13-14(11-19(23)24)20(25)22-7-6-18(17-5-2-9-28-17)29(26,27)10-8-22/h1-5,9,12,14,18H,6-8,10-11,13H2. The second-order valence-corrected chi connectivity index (χ2v) is 11.6. The first kappa shape index (κ1) is 20.6. The molecule has 2 aromatic rings. The lowest BCUT2D eigenvalue weighted by Crippen LogP contribution is -2.39. The average molecular weight is 497 g/mol. The number of rotatable bonds is 3. The second-order valence-electron chi connectivity index (χ2n) is 7.37. The molecule has 0 N–H and O–H groups in total. The summed E-state index contributed by atoms with van der Waals surface area (Å²) in [5, 5.41) is 1.32. The zero-order valence-electron chi connectivity index (χ0n) is 15.7. The largest absolute Gasteiger partial charge is 0.341 e. The number of nitrogens with zero attached hydrogens (tertiary/aromatic N) is 2. The third kappa shape index (κ3) is 4.27. The molecule has 9 heteroatoms. The number of sulfone groups is 1. The fraction of sp³-hybridized carbons (Fsp3) is 0.400. The van der Waals surface area contributed by atoms with Crippen LogP contribution in [-0.2, 0) is 19.4 Å². The minimum absolute atomic E-state index is 0.0443. The van der Waals surface area contributed by atoms with Crippen LogP contribution in [-0.4, -0.2) is 50.5 Å². The number of thiophene rings is 1. The molecule has 0 bridgehead atoms. The van der Waals surface area contributed by atoms with Gasteiger partial charge in [-0.15, -0.1) is 11.3 Å². The first-order chi connectivity index (χ1) is 13.8. The average Bonchev–Trinajstić information content (AvgIpc) is 3.30. The van der Waals surface area contributed by atoms with E-state index in [1.165, 1.54) is 11.3 Å². The molecular weight excluding hydrogens is 476 g/mol. The van der Waals surface area contributed by atoms with Crippen LogP contribution in [0.1, 0.15) is 23.0 Å². The summed E-state index contributed by atoms with van der Waals surface area (Å²) in [7, 11) is -3.31. The smallest absolute Gasteiger partial charge is 0.228 e. The Morgan fingerprint density at radius 2 is 2.00 bits per heavy atom. The van der Waals surface area contributed by atoms with Gasteiger partial charge in [0.1, 0.15) is 0 Å². The number of hydrogen-bond donors (Lipinski definition) is 0. The zero-order chi connectivity index (χ0) is 20.6. The van der Waals surface area contributed by atoms with Gasteiger partial charge in [-0.05, 0) is 36.1 Å². The second kappa shape index (κ2) is 8.20. The van der Waals surface area contributed by atoms with Gasteiger partial charge in [-0.1, -0.05) is 28.1 Å². The topological polar surface area (TPSA) is 74.8 Å². The van der Waals surface area contributed by atoms with Crippen molar-refractivity contribution in [3.63, 3.8) is 0 Å². The minimum atomic E-state index is -3.31. The summed E-state index contributed by atoms with van der Waals surface area (Å²) in [6.07, 6.45) is 0.549. The first-order valence-electron chi connectivity index (χ1n) is 9.45. The maximum absolute atomic E-state index is 13.1. The molecule has 4 rings (SSSR count). The van der Waals surface area contributed by atoms with E-state index >= 15 is 0 Å². The van der Waals surface area contributed by atoms with Crippen LogP contribution >= 0.6 is 27.3 Å². The van der Waals surface area contributed by atoms with Crippen LogP contribution in [0.15, 0.2) is 46.3 Å². The molecule has 0 radical (unpaired) electrons. The summed E-state index contributed by atoms with van der Waals surface area (Å²) in [6, 6.07) is 11.1. The van der Waals surface area contributed by atoms with Gasteiger partial charge in [0.15, 0.2) is 9.84 Å². The Kier molecular flexibility index (Phi) is 5.81. The Morgan fingerprint density at radius 1 is 1.17 bits per heavy atom. The summed E-state index contributed by atoms with van der Waals surface area (Å²) in [6.45, 7) is 0.901. The summed E-state index contributed by atoms with van der Waals surface area (Å²) in [5.41, 5.74) is 0.760. The normalized spacial score (nSPS) is 24.5. The van der Waals surface area contributed by atoms with Crippen LogP contribution in [0, 0.1) is 5.92 Å². The van der Waals surface area contributed by atoms with Crippen molar-refractivity contribution < 1.29 is 18.0 Å². The van der Waals surface area contributed by atoms with Gasteiger partial charge < -0.3 is 9.80 Å². The zero-order valence-corrected chi connectivity index (χ0v) is 18.9. The Labute approximate surface area is 182 Å². The SMILES string of the molecule is O=C(C1CC(=O)N(c2cccc(Br)c2)C1)N1CCC(c2cccs2)S(=O)(=O)CC1. The van der Waals surface area contributed by atoms with Crippen LogP contribution in [0.25, 0.3) is 0 Å². The molecule has 2 aliphatic heterocycles. The van der Waals surface area contributed by atoms with Gasteiger partial charge >= 0.3 is 0 Å². The van der Waals surface area contributed by atoms with Gasteiger partial charge in [-0.2, -0.15) is 0 Å². The molecule has 0 aliphatic carbocycles. The molecule has 0 spiro atoms. The van der Waals surface area contributed by atoms with E-state index in [1.54, 1.807) is 9.80 Å². The Morgan fingerprint density at radius 3 is 2.72 bits per heavy atom. The molecule has 1 aromatic heterocycles. The van der Waals surface area contributed by atoms with Crippen molar-refractivity contribution in [1.29, 1.82) is 0 Å². The predicted octanol–water partition coefficient (Wildman–Crippen LogP) is 3.25. The number of carbonyl (C=O) groups is 2. The Balaban J connectivity index is 1.47. The first-order valence-corrected chi connectivity index (χ1v) is 12.8.